The molecule has 1 fully saturated rings. The van der Waals surface area contributed by atoms with Gasteiger partial charge in [0.2, 0.25) is 0 Å². The van der Waals surface area contributed by atoms with Crippen molar-refractivity contribution in [3.63, 3.8) is 0 Å². The van der Waals surface area contributed by atoms with Gasteiger partial charge in [-0.15, -0.1) is 0 Å². The Hall–Kier alpha value is -2.48. The summed E-state index contributed by atoms with van der Waals surface area (Å²) >= 11 is 0. The van der Waals surface area contributed by atoms with Gasteiger partial charge in [0.05, 0.1) is 24.2 Å². The monoisotopic (exact) mass is 410 g/mol. The first-order chi connectivity index (χ1) is 14.6. The lowest BCUT2D eigenvalue weighted by Crippen LogP contribution is -2.20. The molecule has 3 aromatic rings. The molecule has 0 unspecified atom stereocenters. The normalized spacial score (nSPS) is 15.2. The summed E-state index contributed by atoms with van der Waals surface area (Å²) in [5.41, 5.74) is 10.5. The largest absolute Gasteiger partial charge is 0.381 e. The van der Waals surface area contributed by atoms with Crippen LogP contribution in [-0.2, 0) is 23.1 Å². The summed E-state index contributed by atoms with van der Waals surface area (Å²) in [7, 11) is 1.79. The minimum absolute atomic E-state index is 0.0312. The molecule has 30 heavy (non-hydrogen) atoms. The van der Waals surface area contributed by atoms with Crippen molar-refractivity contribution in [1.29, 1.82) is 0 Å². The van der Waals surface area contributed by atoms with Gasteiger partial charge in [0, 0.05) is 51.0 Å². The molecule has 2 aromatic heterocycles. The van der Waals surface area contributed by atoms with E-state index in [1.165, 1.54) is 0 Å². The van der Waals surface area contributed by atoms with Gasteiger partial charge in [-0.1, -0.05) is 6.07 Å². The third-order valence-corrected chi connectivity index (χ3v) is 5.78. The molecule has 2 N–H and O–H groups in total. The van der Waals surface area contributed by atoms with Crippen LogP contribution in [0.15, 0.2) is 35.3 Å². The average Bonchev–Trinajstić information content (AvgIpc) is 3.13. The van der Waals surface area contributed by atoms with Crippen LogP contribution in [0.1, 0.15) is 30.1 Å². The van der Waals surface area contributed by atoms with Gasteiger partial charge < -0.3 is 24.3 Å². The number of aryl methyl sites for hydroxylation is 2. The predicted molar refractivity (Wildman–Crippen MR) is 118 cm³/mol. The third kappa shape index (κ3) is 4.19. The number of benzene rings is 1. The first kappa shape index (κ1) is 20.8. The van der Waals surface area contributed by atoms with Gasteiger partial charge in [0.15, 0.2) is 0 Å². The summed E-state index contributed by atoms with van der Waals surface area (Å²) in [6, 6.07) is 8.28. The molecule has 0 atom stereocenters. The lowest BCUT2D eigenvalue weighted by Gasteiger charge is -2.22. The van der Waals surface area contributed by atoms with E-state index in [0.29, 0.717) is 25.7 Å². The number of nitrogens with two attached hydrogens (primary N) is 1. The molecule has 0 bridgehead atoms. The van der Waals surface area contributed by atoms with Crippen molar-refractivity contribution < 1.29 is 9.47 Å². The van der Waals surface area contributed by atoms with Gasteiger partial charge in [-0.2, -0.15) is 0 Å². The van der Waals surface area contributed by atoms with Crippen LogP contribution in [0.5, 0.6) is 0 Å². The van der Waals surface area contributed by atoms with Crippen molar-refractivity contribution in [3.05, 3.63) is 52.2 Å². The van der Waals surface area contributed by atoms with E-state index in [1.807, 2.05) is 19.2 Å². The van der Waals surface area contributed by atoms with Crippen LogP contribution in [0.25, 0.3) is 22.2 Å². The van der Waals surface area contributed by atoms with Crippen LogP contribution < -0.4 is 11.3 Å². The minimum atomic E-state index is 0.0312. The van der Waals surface area contributed by atoms with Gasteiger partial charge in [-0.3, -0.25) is 4.79 Å². The number of nitrogens with zero attached hydrogens (tertiary/aromatic N) is 3. The Morgan fingerprint density at radius 1 is 1.20 bits per heavy atom. The van der Waals surface area contributed by atoms with E-state index in [0.717, 1.165) is 66.1 Å². The fourth-order valence-corrected chi connectivity index (χ4v) is 4.20. The van der Waals surface area contributed by atoms with Gasteiger partial charge in [0.1, 0.15) is 5.82 Å². The van der Waals surface area contributed by atoms with E-state index in [9.17, 15) is 4.79 Å². The van der Waals surface area contributed by atoms with Crippen molar-refractivity contribution in [3.8, 4) is 11.1 Å². The van der Waals surface area contributed by atoms with Crippen LogP contribution in [0.3, 0.4) is 0 Å². The summed E-state index contributed by atoms with van der Waals surface area (Å²) in [6.45, 7) is 5.82. The van der Waals surface area contributed by atoms with E-state index >= 15 is 0 Å². The average molecular weight is 411 g/mol. The van der Waals surface area contributed by atoms with Crippen molar-refractivity contribution in [2.45, 2.75) is 32.2 Å². The standard InChI is InChI=1S/C23H30N4O3/c1-16-13-19(15-26(2)23(16)28)18-3-4-20-21(14-18)27(8-12-30-11-7-24)22(25-20)17-5-9-29-10-6-17/h3-4,13-15,17H,5-12,24H2,1-2H3. The highest BCUT2D eigenvalue weighted by molar-refractivity contribution is 5.82. The smallest absolute Gasteiger partial charge is 0.253 e. The van der Waals surface area contributed by atoms with E-state index < -0.39 is 0 Å². The van der Waals surface area contributed by atoms with E-state index in [4.69, 9.17) is 20.2 Å². The third-order valence-electron chi connectivity index (χ3n) is 5.78. The van der Waals surface area contributed by atoms with E-state index in [1.54, 1.807) is 11.6 Å². The Labute approximate surface area is 176 Å². The number of hydrogen-bond acceptors (Lipinski definition) is 5. The highest BCUT2D eigenvalue weighted by atomic mass is 16.5. The molecular formula is C23H30N4O3. The number of imidazole rings is 1. The van der Waals surface area contributed by atoms with Gasteiger partial charge >= 0.3 is 0 Å². The van der Waals surface area contributed by atoms with E-state index in [2.05, 4.69) is 22.8 Å². The summed E-state index contributed by atoms with van der Waals surface area (Å²) in [4.78, 5) is 17.1. The second-order valence-corrected chi connectivity index (χ2v) is 7.94. The first-order valence-corrected chi connectivity index (χ1v) is 10.6. The quantitative estimate of drug-likeness (QED) is 0.605. The fourth-order valence-electron chi connectivity index (χ4n) is 4.20. The number of ether oxygens (including phenoxy) is 2. The number of aromatic nitrogens is 3. The molecule has 1 aromatic carbocycles. The molecule has 1 aliphatic rings. The molecule has 0 amide bonds. The number of hydrogen-bond donors (Lipinski definition) is 1. The lowest BCUT2D eigenvalue weighted by atomic mass is 9.99. The van der Waals surface area contributed by atoms with Crippen LogP contribution in [0.2, 0.25) is 0 Å². The zero-order chi connectivity index (χ0) is 21.1. The maximum atomic E-state index is 12.1. The molecule has 7 heteroatoms. The lowest BCUT2D eigenvalue weighted by molar-refractivity contribution is 0.0820. The molecular weight excluding hydrogens is 380 g/mol. The molecule has 3 heterocycles. The fraction of sp³-hybridized carbons (Fsp3) is 0.478. The zero-order valence-corrected chi connectivity index (χ0v) is 17.8. The van der Waals surface area contributed by atoms with Gasteiger partial charge in [0.25, 0.3) is 5.56 Å². The zero-order valence-electron chi connectivity index (χ0n) is 17.8. The highest BCUT2D eigenvalue weighted by Gasteiger charge is 2.23. The SMILES string of the molecule is Cc1cc(-c2ccc3nc(C4CCOCC4)n(CCOCCN)c3c2)cn(C)c1=O. The first-order valence-electron chi connectivity index (χ1n) is 10.6. The Bertz CT molecular complexity index is 1050. The topological polar surface area (TPSA) is 84.3 Å². The van der Waals surface area contributed by atoms with Crippen molar-refractivity contribution in [2.75, 3.05) is 33.0 Å². The summed E-state index contributed by atoms with van der Waals surface area (Å²) in [5, 5.41) is 0. The Morgan fingerprint density at radius 2 is 2.00 bits per heavy atom. The predicted octanol–water partition coefficient (Wildman–Crippen LogP) is 2.58. The van der Waals surface area contributed by atoms with Crippen molar-refractivity contribution in [2.24, 2.45) is 12.8 Å². The van der Waals surface area contributed by atoms with Crippen molar-refractivity contribution in [1.82, 2.24) is 14.1 Å². The number of fused-ring (bicyclic) bond motifs is 1. The molecule has 0 spiro atoms. The maximum absolute atomic E-state index is 12.1. The number of pyridine rings is 1. The summed E-state index contributed by atoms with van der Waals surface area (Å²) < 4.78 is 15.2. The molecule has 1 saturated heterocycles. The molecule has 0 aliphatic carbocycles. The van der Waals surface area contributed by atoms with Crippen LogP contribution in [0.4, 0.5) is 0 Å². The second-order valence-electron chi connectivity index (χ2n) is 7.94. The molecule has 0 saturated carbocycles. The van der Waals surface area contributed by atoms with Crippen LogP contribution >= 0.6 is 0 Å². The Morgan fingerprint density at radius 3 is 2.73 bits per heavy atom. The molecule has 0 radical (unpaired) electrons. The summed E-state index contributed by atoms with van der Waals surface area (Å²) in [5.74, 6) is 1.50. The minimum Gasteiger partial charge on any atom is -0.381 e. The molecule has 160 valence electrons. The molecule has 7 nitrogen and oxygen atoms in total. The second kappa shape index (κ2) is 9.12. The van der Waals surface area contributed by atoms with Crippen molar-refractivity contribution >= 4 is 11.0 Å². The summed E-state index contributed by atoms with van der Waals surface area (Å²) in [6.07, 6.45) is 3.86. The maximum Gasteiger partial charge on any atom is 0.253 e. The highest BCUT2D eigenvalue weighted by Crippen LogP contribution is 2.31. The molecule has 1 aliphatic heterocycles. The van der Waals surface area contributed by atoms with Gasteiger partial charge in [-0.25, -0.2) is 4.98 Å². The Balaban J connectivity index is 1.76. The number of rotatable bonds is 7. The Kier molecular flexibility index (Phi) is 6.32. The van der Waals surface area contributed by atoms with E-state index in [-0.39, 0.29) is 5.56 Å². The van der Waals surface area contributed by atoms with Crippen LogP contribution in [0, 0.1) is 6.92 Å². The molecule has 4 rings (SSSR count). The van der Waals surface area contributed by atoms with Gasteiger partial charge in [-0.05, 0) is 49.1 Å². The van der Waals surface area contributed by atoms with Crippen LogP contribution in [-0.4, -0.2) is 47.1 Å².